The van der Waals surface area contributed by atoms with E-state index in [2.05, 4.69) is 5.32 Å². The summed E-state index contributed by atoms with van der Waals surface area (Å²) in [7, 11) is -3.82. The Bertz CT molecular complexity index is 820. The van der Waals surface area contributed by atoms with Gasteiger partial charge in [-0.15, -0.1) is 0 Å². The highest BCUT2D eigenvalue weighted by Gasteiger charge is 2.18. The van der Waals surface area contributed by atoms with Crippen molar-refractivity contribution in [2.45, 2.75) is 5.75 Å². The van der Waals surface area contributed by atoms with Gasteiger partial charge in [-0.25, -0.2) is 21.6 Å². The average Bonchev–Trinajstić information content (AvgIpc) is 2.43. The zero-order valence-electron chi connectivity index (χ0n) is 11.7. The number of halogens is 3. The second kappa shape index (κ2) is 6.82. The maximum atomic E-state index is 13.4. The molecule has 0 saturated heterocycles. The fourth-order valence-electron chi connectivity index (χ4n) is 1.86. The van der Waals surface area contributed by atoms with E-state index < -0.39 is 44.7 Å². The Balaban J connectivity index is 2.02. The third-order valence-corrected chi connectivity index (χ3v) is 4.33. The van der Waals surface area contributed by atoms with Gasteiger partial charge in [-0.2, -0.15) is 0 Å². The lowest BCUT2D eigenvalue weighted by Gasteiger charge is -2.07. The highest BCUT2D eigenvalue weighted by atomic mass is 32.2. The molecule has 8 heteroatoms. The van der Waals surface area contributed by atoms with Crippen molar-refractivity contribution in [2.75, 3.05) is 11.1 Å². The molecular formula is C15H12F3NO3S. The molecule has 122 valence electrons. The summed E-state index contributed by atoms with van der Waals surface area (Å²) in [5.74, 6) is -4.60. The molecule has 0 unspecified atom stereocenters. The molecule has 0 fully saturated rings. The van der Waals surface area contributed by atoms with Crippen LogP contribution in [0.4, 0.5) is 18.9 Å². The molecule has 1 N–H and O–H groups in total. The monoisotopic (exact) mass is 343 g/mol. The van der Waals surface area contributed by atoms with E-state index in [4.69, 9.17) is 0 Å². The van der Waals surface area contributed by atoms with Crippen molar-refractivity contribution in [1.82, 2.24) is 0 Å². The minimum absolute atomic E-state index is 0.312. The number of carbonyl (C=O) groups excluding carboxylic acids is 1. The van der Waals surface area contributed by atoms with Crippen molar-refractivity contribution in [2.24, 2.45) is 0 Å². The molecule has 0 aliphatic carbocycles. The first-order valence-corrected chi connectivity index (χ1v) is 8.27. The van der Waals surface area contributed by atoms with Gasteiger partial charge in [0.25, 0.3) is 0 Å². The highest BCUT2D eigenvalue weighted by molar-refractivity contribution is 7.91. The van der Waals surface area contributed by atoms with Crippen molar-refractivity contribution in [3.8, 4) is 0 Å². The van der Waals surface area contributed by atoms with Crippen molar-refractivity contribution < 1.29 is 26.4 Å². The number of hydrogen-bond acceptors (Lipinski definition) is 3. The Morgan fingerprint density at radius 3 is 2.17 bits per heavy atom. The lowest BCUT2D eigenvalue weighted by atomic mass is 10.2. The third-order valence-electron chi connectivity index (χ3n) is 2.86. The van der Waals surface area contributed by atoms with Gasteiger partial charge in [0, 0.05) is 6.07 Å². The average molecular weight is 343 g/mol. The molecule has 0 spiro atoms. The van der Waals surface area contributed by atoms with Gasteiger partial charge in [-0.1, -0.05) is 12.1 Å². The molecule has 0 bridgehead atoms. The molecule has 1 amide bonds. The Labute approximate surface area is 130 Å². The van der Waals surface area contributed by atoms with Crippen LogP contribution in [-0.4, -0.2) is 20.1 Å². The maximum absolute atomic E-state index is 13.4. The van der Waals surface area contributed by atoms with Crippen LogP contribution in [0.2, 0.25) is 0 Å². The molecular weight excluding hydrogens is 331 g/mol. The van der Waals surface area contributed by atoms with Crippen LogP contribution < -0.4 is 5.32 Å². The van der Waals surface area contributed by atoms with E-state index in [9.17, 15) is 26.4 Å². The van der Waals surface area contributed by atoms with Gasteiger partial charge in [-0.05, 0) is 29.8 Å². The van der Waals surface area contributed by atoms with Gasteiger partial charge in [0.1, 0.15) is 23.2 Å². The Hall–Kier alpha value is -2.35. The molecule has 0 heterocycles. The summed E-state index contributed by atoms with van der Waals surface area (Å²) < 4.78 is 62.7. The summed E-state index contributed by atoms with van der Waals surface area (Å²) in [5, 5.41) is 2.07. The van der Waals surface area contributed by atoms with Crippen LogP contribution in [0.3, 0.4) is 0 Å². The first kappa shape index (κ1) is 17.0. The van der Waals surface area contributed by atoms with Crippen LogP contribution >= 0.6 is 0 Å². The molecule has 0 saturated carbocycles. The smallest absolute Gasteiger partial charge is 0.239 e. The Kier molecular flexibility index (Phi) is 5.05. The first-order chi connectivity index (χ1) is 10.7. The SMILES string of the molecule is O=C(CS(=O)(=O)Cc1ccc(F)cc1)Nc1ccc(F)cc1F. The van der Waals surface area contributed by atoms with Crippen LogP contribution in [0.25, 0.3) is 0 Å². The van der Waals surface area contributed by atoms with Crippen molar-refractivity contribution in [3.63, 3.8) is 0 Å². The summed E-state index contributed by atoms with van der Waals surface area (Å²) in [5.41, 5.74) is 0.0144. The van der Waals surface area contributed by atoms with E-state index in [0.717, 1.165) is 24.3 Å². The summed E-state index contributed by atoms with van der Waals surface area (Å²) in [6.07, 6.45) is 0. The summed E-state index contributed by atoms with van der Waals surface area (Å²) in [6.45, 7) is 0. The van der Waals surface area contributed by atoms with Gasteiger partial charge >= 0.3 is 0 Å². The molecule has 0 aliphatic heterocycles. The fraction of sp³-hybridized carbons (Fsp3) is 0.133. The molecule has 2 aromatic rings. The predicted octanol–water partition coefficient (Wildman–Crippen LogP) is 2.66. The fourth-order valence-corrected chi connectivity index (χ4v) is 3.14. The molecule has 0 aliphatic rings. The highest BCUT2D eigenvalue weighted by Crippen LogP contribution is 2.15. The largest absolute Gasteiger partial charge is 0.323 e. The zero-order valence-corrected chi connectivity index (χ0v) is 12.5. The second-order valence-electron chi connectivity index (χ2n) is 4.83. The standard InChI is InChI=1S/C15H12F3NO3S/c16-11-3-1-10(2-4-11)8-23(21,22)9-15(20)19-14-6-5-12(17)7-13(14)18/h1-7H,8-9H2,(H,19,20). The van der Waals surface area contributed by atoms with E-state index >= 15 is 0 Å². The zero-order chi connectivity index (χ0) is 17.0. The summed E-state index contributed by atoms with van der Waals surface area (Å²) in [4.78, 5) is 11.7. The normalized spacial score (nSPS) is 11.3. The first-order valence-electron chi connectivity index (χ1n) is 6.45. The van der Waals surface area contributed by atoms with E-state index in [1.54, 1.807) is 0 Å². The number of anilines is 1. The predicted molar refractivity (Wildman–Crippen MR) is 78.9 cm³/mol. The number of amides is 1. The Morgan fingerprint density at radius 2 is 1.57 bits per heavy atom. The van der Waals surface area contributed by atoms with E-state index in [-0.39, 0.29) is 5.69 Å². The van der Waals surface area contributed by atoms with Crippen LogP contribution in [0.1, 0.15) is 5.56 Å². The van der Waals surface area contributed by atoms with Gasteiger partial charge in [-0.3, -0.25) is 4.79 Å². The molecule has 23 heavy (non-hydrogen) atoms. The van der Waals surface area contributed by atoms with Gasteiger partial charge in [0.2, 0.25) is 5.91 Å². The number of nitrogens with one attached hydrogen (secondary N) is 1. The van der Waals surface area contributed by atoms with Gasteiger partial charge in [0.15, 0.2) is 9.84 Å². The van der Waals surface area contributed by atoms with Crippen LogP contribution in [-0.2, 0) is 20.4 Å². The van der Waals surface area contributed by atoms with Crippen LogP contribution in [0.5, 0.6) is 0 Å². The minimum atomic E-state index is -3.82. The van der Waals surface area contributed by atoms with Gasteiger partial charge < -0.3 is 5.32 Å². The molecule has 0 radical (unpaired) electrons. The number of rotatable bonds is 5. The van der Waals surface area contributed by atoms with E-state index in [1.165, 1.54) is 12.1 Å². The number of hydrogen-bond donors (Lipinski definition) is 1. The molecule has 2 aromatic carbocycles. The molecule has 2 rings (SSSR count). The maximum Gasteiger partial charge on any atom is 0.239 e. The van der Waals surface area contributed by atoms with Crippen LogP contribution in [0, 0.1) is 17.5 Å². The lowest BCUT2D eigenvalue weighted by Crippen LogP contribution is -2.24. The van der Waals surface area contributed by atoms with Crippen molar-refractivity contribution in [3.05, 3.63) is 65.5 Å². The third kappa shape index (κ3) is 5.10. The van der Waals surface area contributed by atoms with E-state index in [1.807, 2.05) is 0 Å². The lowest BCUT2D eigenvalue weighted by molar-refractivity contribution is -0.113. The second-order valence-corrected chi connectivity index (χ2v) is 6.90. The molecule has 4 nitrogen and oxygen atoms in total. The Morgan fingerprint density at radius 1 is 0.957 bits per heavy atom. The number of carbonyl (C=O) groups is 1. The van der Waals surface area contributed by atoms with Crippen molar-refractivity contribution in [1.29, 1.82) is 0 Å². The van der Waals surface area contributed by atoms with Gasteiger partial charge in [0.05, 0.1) is 11.4 Å². The topological polar surface area (TPSA) is 63.2 Å². The van der Waals surface area contributed by atoms with E-state index in [0.29, 0.717) is 11.6 Å². The molecule has 0 aromatic heterocycles. The quantitative estimate of drug-likeness (QED) is 0.908. The summed E-state index contributed by atoms with van der Waals surface area (Å²) >= 11 is 0. The minimum Gasteiger partial charge on any atom is -0.323 e. The summed E-state index contributed by atoms with van der Waals surface area (Å²) in [6, 6.07) is 7.32. The molecule has 0 atom stereocenters. The number of sulfone groups is 1. The number of benzene rings is 2. The van der Waals surface area contributed by atoms with Crippen LogP contribution in [0.15, 0.2) is 42.5 Å². The van der Waals surface area contributed by atoms with Crippen molar-refractivity contribution >= 4 is 21.4 Å².